The van der Waals surface area contributed by atoms with Crippen molar-refractivity contribution in [3.05, 3.63) is 64.2 Å². The number of hydrogen-bond donors (Lipinski definition) is 1. The van der Waals surface area contributed by atoms with Crippen molar-refractivity contribution in [1.29, 1.82) is 0 Å². The normalized spacial score (nSPS) is 12.2. The molecule has 0 saturated carbocycles. The van der Waals surface area contributed by atoms with E-state index in [0.29, 0.717) is 23.6 Å². The Kier molecular flexibility index (Phi) is 6.44. The molecule has 8 heteroatoms. The van der Waals surface area contributed by atoms with E-state index in [1.807, 2.05) is 41.8 Å². The van der Waals surface area contributed by atoms with Gasteiger partial charge >= 0.3 is 0 Å². The molecule has 0 aliphatic rings. The summed E-state index contributed by atoms with van der Waals surface area (Å²) in [4.78, 5) is 21.1. The number of aromatic nitrogens is 2. The van der Waals surface area contributed by atoms with Gasteiger partial charge in [-0.1, -0.05) is 0 Å². The number of nitrogens with one attached hydrogen (secondary N) is 1. The van der Waals surface area contributed by atoms with Crippen LogP contribution in [0.3, 0.4) is 0 Å². The molecule has 0 bridgehead atoms. The van der Waals surface area contributed by atoms with Crippen LogP contribution in [0.4, 0.5) is 0 Å². The molecule has 3 aromatic heterocycles. The predicted octanol–water partition coefficient (Wildman–Crippen LogP) is 5.52. The van der Waals surface area contributed by atoms with Gasteiger partial charge in [-0.25, -0.2) is 4.98 Å². The fourth-order valence-corrected chi connectivity index (χ4v) is 4.87. The van der Waals surface area contributed by atoms with Gasteiger partial charge in [-0.3, -0.25) is 4.79 Å². The van der Waals surface area contributed by atoms with Crippen molar-refractivity contribution in [2.45, 2.75) is 18.6 Å². The lowest BCUT2D eigenvalue weighted by atomic mass is 10.2. The minimum atomic E-state index is -0.127. The van der Waals surface area contributed by atoms with Gasteiger partial charge in [0.2, 0.25) is 0 Å². The van der Waals surface area contributed by atoms with E-state index in [4.69, 9.17) is 13.9 Å². The molecule has 3 heterocycles. The average molecular weight is 443 g/mol. The van der Waals surface area contributed by atoms with Crippen LogP contribution in [0.2, 0.25) is 0 Å². The lowest BCUT2D eigenvalue weighted by molar-refractivity contribution is 0.318. The molecule has 1 unspecified atom stereocenters. The van der Waals surface area contributed by atoms with Crippen LogP contribution in [-0.4, -0.2) is 29.4 Å². The Bertz CT molecular complexity index is 1150. The van der Waals surface area contributed by atoms with Gasteiger partial charge in [0, 0.05) is 10.9 Å². The van der Waals surface area contributed by atoms with E-state index in [9.17, 15) is 4.79 Å². The quantitative estimate of drug-likeness (QED) is 0.344. The third-order valence-corrected chi connectivity index (χ3v) is 6.74. The van der Waals surface area contributed by atoms with Crippen LogP contribution in [0.25, 0.3) is 21.5 Å². The number of fused-ring (bicyclic) bond motifs is 1. The molecule has 0 aliphatic heterocycles. The van der Waals surface area contributed by atoms with E-state index >= 15 is 0 Å². The maximum absolute atomic E-state index is 12.7. The molecule has 0 fully saturated rings. The SMILES string of the molecule is COc1ccc(OCCCSC(C)c2nc3scc(-c4ccco4)c3c(=O)[nH]2)cc1. The molecule has 4 aromatic rings. The number of aromatic amines is 1. The van der Waals surface area contributed by atoms with Gasteiger partial charge in [-0.2, -0.15) is 11.8 Å². The molecule has 1 atom stereocenters. The second-order valence-corrected chi connectivity index (χ2v) is 8.96. The standard InChI is InChI=1S/C22H22N2O4S2/c1-14(29-12-4-11-27-16-8-6-15(26-2)7-9-16)20-23-21(25)19-17(13-30-22(19)24-20)18-5-3-10-28-18/h3,5-10,13-14H,4,11-12H2,1-2H3,(H,23,24,25). The van der Waals surface area contributed by atoms with Crippen molar-refractivity contribution in [2.24, 2.45) is 0 Å². The first-order chi connectivity index (χ1) is 14.7. The van der Waals surface area contributed by atoms with Gasteiger partial charge < -0.3 is 18.9 Å². The molecule has 0 spiro atoms. The number of furan rings is 1. The van der Waals surface area contributed by atoms with Crippen molar-refractivity contribution < 1.29 is 13.9 Å². The zero-order valence-electron chi connectivity index (χ0n) is 16.7. The topological polar surface area (TPSA) is 77.3 Å². The third-order valence-electron chi connectivity index (χ3n) is 4.62. The number of rotatable bonds is 9. The molecule has 0 radical (unpaired) electrons. The molecule has 1 aromatic carbocycles. The maximum Gasteiger partial charge on any atom is 0.260 e. The number of hydrogen-bond acceptors (Lipinski definition) is 7. The molecule has 4 rings (SSSR count). The molecular formula is C22H22N2O4S2. The number of thioether (sulfide) groups is 1. The minimum absolute atomic E-state index is 0.0808. The second-order valence-electron chi connectivity index (χ2n) is 6.65. The van der Waals surface area contributed by atoms with Crippen molar-refractivity contribution in [2.75, 3.05) is 19.5 Å². The van der Waals surface area contributed by atoms with Gasteiger partial charge in [0.05, 0.1) is 30.6 Å². The summed E-state index contributed by atoms with van der Waals surface area (Å²) in [6, 6.07) is 11.2. The van der Waals surface area contributed by atoms with E-state index in [1.54, 1.807) is 25.1 Å². The molecule has 30 heavy (non-hydrogen) atoms. The van der Waals surface area contributed by atoms with E-state index in [2.05, 4.69) is 16.9 Å². The van der Waals surface area contributed by atoms with Gasteiger partial charge in [0.1, 0.15) is 27.9 Å². The lowest BCUT2D eigenvalue weighted by Gasteiger charge is -2.11. The third kappa shape index (κ3) is 4.55. The van der Waals surface area contributed by atoms with Crippen LogP contribution < -0.4 is 15.0 Å². The highest BCUT2D eigenvalue weighted by Crippen LogP contribution is 2.33. The van der Waals surface area contributed by atoms with Crippen molar-refractivity contribution >= 4 is 33.3 Å². The van der Waals surface area contributed by atoms with Crippen LogP contribution in [0.1, 0.15) is 24.4 Å². The van der Waals surface area contributed by atoms with E-state index in [1.165, 1.54) is 11.3 Å². The summed E-state index contributed by atoms with van der Waals surface area (Å²) in [6.45, 7) is 2.69. The van der Waals surface area contributed by atoms with Crippen molar-refractivity contribution in [3.8, 4) is 22.8 Å². The summed E-state index contributed by atoms with van der Waals surface area (Å²) in [5, 5.41) is 2.59. The zero-order chi connectivity index (χ0) is 20.9. The van der Waals surface area contributed by atoms with Gasteiger partial charge in [0.25, 0.3) is 5.56 Å². The van der Waals surface area contributed by atoms with E-state index in [0.717, 1.165) is 34.1 Å². The predicted molar refractivity (Wildman–Crippen MR) is 122 cm³/mol. The molecule has 0 amide bonds. The van der Waals surface area contributed by atoms with Gasteiger partial charge in [-0.15, -0.1) is 11.3 Å². The largest absolute Gasteiger partial charge is 0.497 e. The fraction of sp³-hybridized carbons (Fsp3) is 0.273. The first-order valence-corrected chi connectivity index (χ1v) is 11.5. The summed E-state index contributed by atoms with van der Waals surface area (Å²) < 4.78 is 16.3. The van der Waals surface area contributed by atoms with Crippen LogP contribution in [0.5, 0.6) is 11.5 Å². The second kappa shape index (κ2) is 9.40. The summed E-state index contributed by atoms with van der Waals surface area (Å²) >= 11 is 3.21. The lowest BCUT2D eigenvalue weighted by Crippen LogP contribution is -2.12. The summed E-state index contributed by atoms with van der Waals surface area (Å²) in [5.74, 6) is 3.92. The highest BCUT2D eigenvalue weighted by molar-refractivity contribution is 7.99. The number of thiophene rings is 1. The molecule has 1 N–H and O–H groups in total. The molecule has 156 valence electrons. The highest BCUT2D eigenvalue weighted by Gasteiger charge is 2.17. The number of methoxy groups -OCH3 is 1. The van der Waals surface area contributed by atoms with Crippen molar-refractivity contribution in [1.82, 2.24) is 9.97 Å². The minimum Gasteiger partial charge on any atom is -0.497 e. The Labute approximate surface area is 182 Å². The smallest absolute Gasteiger partial charge is 0.260 e. The zero-order valence-corrected chi connectivity index (χ0v) is 18.3. The van der Waals surface area contributed by atoms with Crippen LogP contribution in [0.15, 0.2) is 57.3 Å². The fourth-order valence-electron chi connectivity index (χ4n) is 3.03. The Morgan fingerprint density at radius 1 is 1.23 bits per heavy atom. The number of H-pyrrole nitrogens is 1. The first kappa shape index (κ1) is 20.6. The maximum atomic E-state index is 12.7. The van der Waals surface area contributed by atoms with Crippen LogP contribution in [0, 0.1) is 0 Å². The molecular weight excluding hydrogens is 420 g/mol. The van der Waals surface area contributed by atoms with Gasteiger partial charge in [0.15, 0.2) is 0 Å². The molecule has 0 aliphatic carbocycles. The first-order valence-electron chi connectivity index (χ1n) is 9.59. The van der Waals surface area contributed by atoms with Crippen LogP contribution in [-0.2, 0) is 0 Å². The van der Waals surface area contributed by atoms with E-state index < -0.39 is 0 Å². The van der Waals surface area contributed by atoms with E-state index in [-0.39, 0.29) is 10.8 Å². The Hall–Kier alpha value is -2.71. The summed E-state index contributed by atoms with van der Waals surface area (Å²) in [7, 11) is 1.64. The number of benzene rings is 1. The van der Waals surface area contributed by atoms with Gasteiger partial charge in [-0.05, 0) is 55.5 Å². The average Bonchev–Trinajstić information content (AvgIpc) is 3.43. The number of ether oxygens (including phenoxy) is 2. The van der Waals surface area contributed by atoms with Crippen molar-refractivity contribution in [3.63, 3.8) is 0 Å². The summed E-state index contributed by atoms with van der Waals surface area (Å²) in [5.41, 5.74) is 0.661. The van der Waals surface area contributed by atoms with Crippen LogP contribution >= 0.6 is 23.1 Å². The number of nitrogens with zero attached hydrogens (tertiary/aromatic N) is 1. The Morgan fingerprint density at radius 3 is 2.77 bits per heavy atom. The highest BCUT2D eigenvalue weighted by atomic mass is 32.2. The monoisotopic (exact) mass is 442 g/mol. The Morgan fingerprint density at radius 2 is 2.03 bits per heavy atom. The summed E-state index contributed by atoms with van der Waals surface area (Å²) in [6.07, 6.45) is 2.50. The Balaban J connectivity index is 1.33. The molecule has 0 saturated heterocycles. The molecule has 6 nitrogen and oxygen atoms in total.